The first-order valence-corrected chi connectivity index (χ1v) is 10.4. The van der Waals surface area contributed by atoms with Crippen molar-refractivity contribution < 1.29 is 19.2 Å². The van der Waals surface area contributed by atoms with Crippen LogP contribution in [0.1, 0.15) is 16.2 Å². The fraction of sp³-hybridized carbons (Fsp3) is 0.167. The van der Waals surface area contributed by atoms with Gasteiger partial charge >= 0.3 is 0 Å². The number of aryl methyl sites for hydroxylation is 1. The van der Waals surface area contributed by atoms with Gasteiger partial charge in [-0.3, -0.25) is 4.79 Å². The summed E-state index contributed by atoms with van der Waals surface area (Å²) in [5.74, 6) is 1.35. The van der Waals surface area contributed by atoms with Crippen LogP contribution < -0.4 is 9.30 Å². The Morgan fingerprint density at radius 1 is 1.03 bits per heavy atom. The third-order valence-corrected chi connectivity index (χ3v) is 5.89. The van der Waals surface area contributed by atoms with Gasteiger partial charge < -0.3 is 9.84 Å². The number of hydrogen-bond acceptors (Lipinski definition) is 3. The van der Waals surface area contributed by atoms with Crippen LogP contribution in [0.3, 0.4) is 0 Å². The summed E-state index contributed by atoms with van der Waals surface area (Å²) in [6.45, 7) is -0.0265. The highest BCUT2D eigenvalue weighted by molar-refractivity contribution is 9.10. The highest BCUT2D eigenvalue weighted by Gasteiger charge is 2.25. The van der Waals surface area contributed by atoms with Crippen LogP contribution in [0.4, 0.5) is 0 Å². The van der Waals surface area contributed by atoms with Crippen LogP contribution in [0.25, 0.3) is 22.2 Å². The number of aliphatic hydroxyl groups excluding tert-OH is 1. The van der Waals surface area contributed by atoms with Crippen molar-refractivity contribution in [2.45, 2.75) is 13.2 Å². The number of imidazole rings is 1. The van der Waals surface area contributed by atoms with Gasteiger partial charge in [0.15, 0.2) is 17.6 Å². The lowest BCUT2D eigenvalue weighted by molar-refractivity contribution is -0.656. The van der Waals surface area contributed by atoms with Gasteiger partial charge in [0.25, 0.3) is 5.82 Å². The maximum Gasteiger partial charge on any atom is 0.283 e. The SMILES string of the molecule is COc1ccc2c(c1)n(CC(=O)c1ccc(-c3ccc(Br)cc3)cc1)c(CO)[n+]2C. The molecule has 5 nitrogen and oxygen atoms in total. The third-order valence-electron chi connectivity index (χ3n) is 5.36. The fourth-order valence-electron chi connectivity index (χ4n) is 3.68. The lowest BCUT2D eigenvalue weighted by Gasteiger charge is -2.05. The summed E-state index contributed by atoms with van der Waals surface area (Å²) < 4.78 is 10.1. The minimum atomic E-state index is -0.163. The van der Waals surface area contributed by atoms with Crippen molar-refractivity contribution in [3.63, 3.8) is 0 Å². The summed E-state index contributed by atoms with van der Waals surface area (Å²) in [5.41, 5.74) is 4.55. The molecule has 0 unspecified atom stereocenters. The zero-order chi connectivity index (χ0) is 21.3. The second kappa shape index (κ2) is 8.42. The van der Waals surface area contributed by atoms with Crippen molar-refractivity contribution >= 4 is 32.7 Å². The summed E-state index contributed by atoms with van der Waals surface area (Å²) in [5, 5.41) is 9.90. The van der Waals surface area contributed by atoms with Crippen molar-refractivity contribution in [2.75, 3.05) is 7.11 Å². The average molecular weight is 466 g/mol. The molecule has 152 valence electrons. The first-order chi connectivity index (χ1) is 14.5. The van der Waals surface area contributed by atoms with E-state index < -0.39 is 0 Å². The number of halogens is 1. The molecule has 1 N–H and O–H groups in total. The molecule has 0 saturated heterocycles. The molecule has 0 bridgehead atoms. The van der Waals surface area contributed by atoms with Crippen molar-refractivity contribution in [3.8, 4) is 16.9 Å². The van der Waals surface area contributed by atoms with Crippen molar-refractivity contribution in [1.82, 2.24) is 4.57 Å². The smallest absolute Gasteiger partial charge is 0.283 e. The van der Waals surface area contributed by atoms with Crippen LogP contribution in [0, 0.1) is 0 Å². The molecule has 0 radical (unpaired) electrons. The largest absolute Gasteiger partial charge is 0.497 e. The van der Waals surface area contributed by atoms with E-state index >= 15 is 0 Å². The van der Waals surface area contributed by atoms with Gasteiger partial charge in [0.2, 0.25) is 5.78 Å². The second-order valence-corrected chi connectivity index (χ2v) is 8.00. The number of aliphatic hydroxyl groups is 1. The molecule has 6 heteroatoms. The summed E-state index contributed by atoms with van der Waals surface area (Å²) in [4.78, 5) is 13.0. The first-order valence-electron chi connectivity index (χ1n) is 9.57. The summed E-state index contributed by atoms with van der Waals surface area (Å²) in [6.07, 6.45) is 0. The zero-order valence-electron chi connectivity index (χ0n) is 16.8. The number of nitrogens with zero attached hydrogens (tertiary/aromatic N) is 2. The Hall–Kier alpha value is -2.96. The molecule has 0 aliphatic carbocycles. The predicted octanol–water partition coefficient (Wildman–Crippen LogP) is 4.28. The minimum absolute atomic E-state index is 0.0209. The molecule has 3 aromatic carbocycles. The van der Waals surface area contributed by atoms with E-state index in [4.69, 9.17) is 4.74 Å². The second-order valence-electron chi connectivity index (χ2n) is 7.08. The molecule has 4 aromatic rings. The Bertz CT molecular complexity index is 1210. The molecule has 0 amide bonds. The van der Waals surface area contributed by atoms with Crippen LogP contribution in [0.2, 0.25) is 0 Å². The van der Waals surface area contributed by atoms with Gasteiger partial charge in [-0.1, -0.05) is 52.3 Å². The lowest BCUT2D eigenvalue weighted by Crippen LogP contribution is -2.33. The van der Waals surface area contributed by atoms with Crippen LogP contribution in [-0.2, 0) is 20.2 Å². The van der Waals surface area contributed by atoms with Crippen LogP contribution >= 0.6 is 15.9 Å². The number of fused-ring (bicyclic) bond motifs is 1. The van der Waals surface area contributed by atoms with E-state index in [9.17, 15) is 9.90 Å². The van der Waals surface area contributed by atoms with Gasteiger partial charge in [0.05, 0.1) is 14.2 Å². The Balaban J connectivity index is 1.65. The Labute approximate surface area is 183 Å². The summed E-state index contributed by atoms with van der Waals surface area (Å²) in [6, 6.07) is 21.4. The molecule has 0 spiro atoms. The minimum Gasteiger partial charge on any atom is -0.497 e. The number of hydrogen-bond donors (Lipinski definition) is 1. The molecule has 0 aliphatic rings. The Morgan fingerprint density at radius 2 is 1.67 bits per heavy atom. The maximum atomic E-state index is 13.0. The summed E-state index contributed by atoms with van der Waals surface area (Å²) in [7, 11) is 3.49. The number of aromatic nitrogens is 2. The van der Waals surface area contributed by atoms with Gasteiger partial charge in [-0.2, -0.15) is 0 Å². The fourth-order valence-corrected chi connectivity index (χ4v) is 3.95. The van der Waals surface area contributed by atoms with Crippen molar-refractivity contribution in [1.29, 1.82) is 0 Å². The Kier molecular flexibility index (Phi) is 5.70. The van der Waals surface area contributed by atoms with Crippen molar-refractivity contribution in [3.05, 3.63) is 82.6 Å². The maximum absolute atomic E-state index is 13.0. The standard InChI is InChI=1S/C24H22BrN2O3/c1-26-21-12-11-20(30-2)13-22(21)27(24(26)15-28)14-23(29)18-5-3-16(4-6-18)17-7-9-19(25)10-8-17/h3-13,28H,14-15H2,1-2H3/q+1. The zero-order valence-corrected chi connectivity index (χ0v) is 18.4. The van der Waals surface area contributed by atoms with E-state index in [2.05, 4.69) is 15.9 Å². The highest BCUT2D eigenvalue weighted by Crippen LogP contribution is 2.24. The number of ketones is 1. The van der Waals surface area contributed by atoms with E-state index in [-0.39, 0.29) is 18.9 Å². The van der Waals surface area contributed by atoms with Crippen LogP contribution in [-0.4, -0.2) is 22.6 Å². The van der Waals surface area contributed by atoms with E-state index in [1.807, 2.05) is 82.9 Å². The van der Waals surface area contributed by atoms with Gasteiger partial charge in [0, 0.05) is 16.1 Å². The topological polar surface area (TPSA) is 55.3 Å². The van der Waals surface area contributed by atoms with Gasteiger partial charge in [-0.05, 0) is 35.4 Å². The lowest BCUT2D eigenvalue weighted by atomic mass is 10.0. The molecule has 30 heavy (non-hydrogen) atoms. The number of Topliss-reactive ketones (excluding diaryl/α,β-unsaturated/α-hetero) is 1. The molecular weight excluding hydrogens is 444 g/mol. The van der Waals surface area contributed by atoms with E-state index in [1.54, 1.807) is 7.11 Å². The molecule has 0 fully saturated rings. The molecule has 0 saturated carbocycles. The monoisotopic (exact) mass is 465 g/mol. The number of ether oxygens (including phenoxy) is 1. The van der Waals surface area contributed by atoms with E-state index in [0.717, 1.165) is 26.6 Å². The van der Waals surface area contributed by atoms with Gasteiger partial charge in [-0.15, -0.1) is 0 Å². The van der Waals surface area contributed by atoms with Crippen LogP contribution in [0.5, 0.6) is 5.75 Å². The van der Waals surface area contributed by atoms with Crippen LogP contribution in [0.15, 0.2) is 71.2 Å². The molecule has 4 rings (SSSR count). The first kappa shape index (κ1) is 20.3. The molecular formula is C24H22BrN2O3+. The predicted molar refractivity (Wildman–Crippen MR) is 119 cm³/mol. The number of methoxy groups -OCH3 is 1. The Morgan fingerprint density at radius 3 is 2.27 bits per heavy atom. The molecule has 0 atom stereocenters. The van der Waals surface area contributed by atoms with Gasteiger partial charge in [0.1, 0.15) is 12.4 Å². The van der Waals surface area contributed by atoms with E-state index in [1.165, 1.54) is 0 Å². The number of benzene rings is 3. The normalized spacial score (nSPS) is 11.1. The number of carbonyl (C=O) groups excluding carboxylic acids is 1. The third kappa shape index (κ3) is 3.76. The number of carbonyl (C=O) groups is 1. The molecule has 0 aliphatic heterocycles. The quantitative estimate of drug-likeness (QED) is 0.341. The van der Waals surface area contributed by atoms with E-state index in [0.29, 0.717) is 17.1 Å². The number of rotatable bonds is 6. The average Bonchev–Trinajstić information content (AvgIpc) is 3.04. The van der Waals surface area contributed by atoms with Crippen molar-refractivity contribution in [2.24, 2.45) is 7.05 Å². The summed E-state index contributed by atoms with van der Waals surface area (Å²) >= 11 is 3.45. The van der Waals surface area contributed by atoms with Gasteiger partial charge in [-0.25, -0.2) is 9.13 Å². The highest BCUT2D eigenvalue weighted by atomic mass is 79.9. The molecule has 1 aromatic heterocycles. The molecule has 1 heterocycles.